The molecular weight excluding hydrogens is 429 g/mol. The quantitative estimate of drug-likeness (QED) is 0.443. The first-order valence-electron chi connectivity index (χ1n) is 8.70. The largest absolute Gasteiger partial charge is 0.282 e. The van der Waals surface area contributed by atoms with E-state index in [0.717, 1.165) is 11.3 Å². The fourth-order valence-corrected chi connectivity index (χ4v) is 3.96. The van der Waals surface area contributed by atoms with Gasteiger partial charge in [-0.15, -0.1) is 11.3 Å². The van der Waals surface area contributed by atoms with Crippen molar-refractivity contribution >= 4 is 57.0 Å². The van der Waals surface area contributed by atoms with E-state index in [2.05, 4.69) is 20.3 Å². The molecule has 0 fully saturated rings. The molecule has 4 rings (SSSR count). The number of nitrogens with zero attached hydrogens (tertiary/aromatic N) is 5. The third kappa shape index (κ3) is 4.07. The van der Waals surface area contributed by atoms with Crippen molar-refractivity contribution in [3.8, 4) is 11.3 Å². The lowest BCUT2D eigenvalue weighted by atomic mass is 10.1. The van der Waals surface area contributed by atoms with Crippen LogP contribution in [0.2, 0.25) is 10.0 Å². The minimum Gasteiger partial charge on any atom is -0.269 e. The molecule has 1 atom stereocenters. The van der Waals surface area contributed by atoms with Crippen LogP contribution in [0.25, 0.3) is 11.3 Å². The Bertz CT molecular complexity index is 1140. The van der Waals surface area contributed by atoms with E-state index in [9.17, 15) is 4.79 Å². The van der Waals surface area contributed by atoms with Crippen molar-refractivity contribution in [2.75, 3.05) is 5.01 Å². The highest BCUT2D eigenvalue weighted by atomic mass is 35.5. The van der Waals surface area contributed by atoms with E-state index in [1.165, 1.54) is 21.9 Å². The van der Waals surface area contributed by atoms with Gasteiger partial charge in [0.1, 0.15) is 5.69 Å². The molecule has 1 amide bonds. The number of anilines is 1. The fraction of sp³-hybridized carbons (Fsp3) is 0.150. The molecule has 1 aliphatic rings. The minimum absolute atomic E-state index is 0.304. The second-order valence-electron chi connectivity index (χ2n) is 6.49. The number of hydrogen-bond acceptors (Lipinski definition) is 6. The molecule has 0 saturated heterocycles. The molecule has 0 saturated carbocycles. The van der Waals surface area contributed by atoms with Gasteiger partial charge in [-0.3, -0.25) is 4.79 Å². The van der Waals surface area contributed by atoms with Crippen LogP contribution in [-0.4, -0.2) is 22.6 Å². The van der Waals surface area contributed by atoms with Gasteiger partial charge in [0, 0.05) is 16.0 Å². The second kappa shape index (κ2) is 8.02. The number of hydrogen-bond donors (Lipinski definition) is 0. The molecule has 0 N–H and O–H groups in total. The van der Waals surface area contributed by atoms with Crippen LogP contribution in [0, 0.1) is 6.92 Å². The third-order valence-electron chi connectivity index (χ3n) is 4.31. The topological polar surface area (TPSA) is 70.3 Å². The SMILES string of the molecule is CC1=NN(c2nc(-c3ccc(C)cc3)cs2)C(=O)C1N=Nc1ccc(Cl)cc1Cl. The summed E-state index contributed by atoms with van der Waals surface area (Å²) in [5, 5.41) is 17.1. The Morgan fingerprint density at radius 2 is 1.86 bits per heavy atom. The predicted molar refractivity (Wildman–Crippen MR) is 118 cm³/mol. The highest BCUT2D eigenvalue weighted by molar-refractivity contribution is 7.14. The highest BCUT2D eigenvalue weighted by Crippen LogP contribution is 2.32. The van der Waals surface area contributed by atoms with Crippen molar-refractivity contribution in [1.29, 1.82) is 0 Å². The van der Waals surface area contributed by atoms with Gasteiger partial charge in [0.25, 0.3) is 5.91 Å². The normalized spacial score (nSPS) is 16.7. The number of azo groups is 1. The average molecular weight is 444 g/mol. The number of aromatic nitrogens is 1. The van der Waals surface area contributed by atoms with Crippen molar-refractivity contribution in [3.05, 3.63) is 63.5 Å². The summed E-state index contributed by atoms with van der Waals surface area (Å²) >= 11 is 13.4. The summed E-state index contributed by atoms with van der Waals surface area (Å²) in [6, 6.07) is 12.1. The lowest BCUT2D eigenvalue weighted by molar-refractivity contribution is -0.117. The van der Waals surface area contributed by atoms with E-state index in [4.69, 9.17) is 23.2 Å². The number of hydrazone groups is 1. The molecule has 1 unspecified atom stereocenters. The van der Waals surface area contributed by atoms with Crippen molar-refractivity contribution in [3.63, 3.8) is 0 Å². The summed E-state index contributed by atoms with van der Waals surface area (Å²) in [7, 11) is 0. The van der Waals surface area contributed by atoms with Gasteiger partial charge in [-0.2, -0.15) is 20.3 Å². The summed E-state index contributed by atoms with van der Waals surface area (Å²) in [6.07, 6.45) is 0. The van der Waals surface area contributed by atoms with Crippen LogP contribution in [0.15, 0.2) is 63.2 Å². The Labute approximate surface area is 181 Å². The Kier molecular flexibility index (Phi) is 5.45. The zero-order valence-corrected chi connectivity index (χ0v) is 17.8. The van der Waals surface area contributed by atoms with Crippen molar-refractivity contribution in [2.45, 2.75) is 19.9 Å². The van der Waals surface area contributed by atoms with E-state index in [-0.39, 0.29) is 5.91 Å². The number of rotatable bonds is 4. The van der Waals surface area contributed by atoms with Crippen LogP contribution in [-0.2, 0) is 4.79 Å². The number of carbonyl (C=O) groups is 1. The van der Waals surface area contributed by atoms with E-state index in [1.54, 1.807) is 25.1 Å². The smallest absolute Gasteiger partial charge is 0.269 e. The molecule has 2 aromatic carbocycles. The molecule has 2 heterocycles. The van der Waals surface area contributed by atoms with E-state index < -0.39 is 6.04 Å². The van der Waals surface area contributed by atoms with E-state index in [0.29, 0.717) is 26.6 Å². The Morgan fingerprint density at radius 3 is 2.59 bits per heavy atom. The lowest BCUT2D eigenvalue weighted by Crippen LogP contribution is -2.29. The molecule has 1 aliphatic heterocycles. The zero-order chi connectivity index (χ0) is 20.5. The lowest BCUT2D eigenvalue weighted by Gasteiger charge is -2.08. The maximum Gasteiger partial charge on any atom is 0.282 e. The van der Waals surface area contributed by atoms with Crippen LogP contribution < -0.4 is 5.01 Å². The second-order valence-corrected chi connectivity index (χ2v) is 8.17. The first-order chi connectivity index (χ1) is 13.9. The van der Waals surface area contributed by atoms with Gasteiger partial charge in [-0.25, -0.2) is 4.98 Å². The molecule has 0 aliphatic carbocycles. The van der Waals surface area contributed by atoms with Crippen LogP contribution in [0.1, 0.15) is 12.5 Å². The molecule has 1 aromatic heterocycles. The van der Waals surface area contributed by atoms with Gasteiger partial charge < -0.3 is 0 Å². The molecule has 0 radical (unpaired) electrons. The number of benzene rings is 2. The van der Waals surface area contributed by atoms with Crippen LogP contribution >= 0.6 is 34.5 Å². The van der Waals surface area contributed by atoms with E-state index in [1.807, 2.05) is 36.6 Å². The van der Waals surface area contributed by atoms with Gasteiger partial charge in [0.05, 0.1) is 16.4 Å². The van der Waals surface area contributed by atoms with Gasteiger partial charge >= 0.3 is 0 Å². The Balaban J connectivity index is 1.55. The number of thiazole rings is 1. The third-order valence-corrected chi connectivity index (χ3v) is 5.66. The first-order valence-corrected chi connectivity index (χ1v) is 10.3. The predicted octanol–water partition coefficient (Wildman–Crippen LogP) is 6.30. The maximum atomic E-state index is 12.8. The zero-order valence-electron chi connectivity index (χ0n) is 15.5. The minimum atomic E-state index is -0.812. The molecular formula is C20H15Cl2N5OS. The van der Waals surface area contributed by atoms with Crippen molar-refractivity contribution in [1.82, 2.24) is 4.98 Å². The standard InChI is InChI=1S/C20H15Cl2N5OS/c1-11-3-5-13(6-4-11)17-10-29-20(23-17)27-19(28)18(12(2)26-27)25-24-16-8-7-14(21)9-15(16)22/h3-10,18H,1-2H3. The summed E-state index contributed by atoms with van der Waals surface area (Å²) in [5.41, 5.74) is 3.93. The number of aryl methyl sites for hydroxylation is 1. The molecule has 29 heavy (non-hydrogen) atoms. The number of carbonyl (C=O) groups excluding carboxylic acids is 1. The van der Waals surface area contributed by atoms with Crippen LogP contribution in [0.3, 0.4) is 0 Å². The number of amides is 1. The molecule has 0 spiro atoms. The molecule has 6 nitrogen and oxygen atoms in total. The molecule has 9 heteroatoms. The number of halogens is 2. The summed E-state index contributed by atoms with van der Waals surface area (Å²) in [5.74, 6) is -0.304. The summed E-state index contributed by atoms with van der Waals surface area (Å²) < 4.78 is 0. The molecule has 146 valence electrons. The van der Waals surface area contributed by atoms with Gasteiger partial charge in [0.15, 0.2) is 6.04 Å². The van der Waals surface area contributed by atoms with E-state index >= 15 is 0 Å². The van der Waals surface area contributed by atoms with Crippen molar-refractivity contribution in [2.24, 2.45) is 15.3 Å². The Morgan fingerprint density at radius 1 is 1.10 bits per heavy atom. The first kappa shape index (κ1) is 19.7. The van der Waals surface area contributed by atoms with Gasteiger partial charge in [0.2, 0.25) is 5.13 Å². The van der Waals surface area contributed by atoms with Gasteiger partial charge in [-0.1, -0.05) is 53.0 Å². The average Bonchev–Trinajstić information content (AvgIpc) is 3.27. The fourth-order valence-electron chi connectivity index (χ4n) is 2.73. The van der Waals surface area contributed by atoms with Crippen LogP contribution in [0.4, 0.5) is 10.8 Å². The van der Waals surface area contributed by atoms with Crippen molar-refractivity contribution < 1.29 is 4.79 Å². The molecule has 0 bridgehead atoms. The Hall–Kier alpha value is -2.61. The highest BCUT2D eigenvalue weighted by Gasteiger charge is 2.36. The molecule has 3 aromatic rings. The monoisotopic (exact) mass is 443 g/mol. The van der Waals surface area contributed by atoms with Crippen LogP contribution in [0.5, 0.6) is 0 Å². The summed E-state index contributed by atoms with van der Waals surface area (Å²) in [6.45, 7) is 3.77. The van der Waals surface area contributed by atoms with Gasteiger partial charge in [-0.05, 0) is 32.0 Å². The summed E-state index contributed by atoms with van der Waals surface area (Å²) in [4.78, 5) is 17.4. The maximum absolute atomic E-state index is 12.8.